The topological polar surface area (TPSA) is 64.3 Å². The summed E-state index contributed by atoms with van der Waals surface area (Å²) in [7, 11) is 0. The van der Waals surface area contributed by atoms with Crippen LogP contribution in [-0.4, -0.2) is 24.3 Å². The second-order valence-electron chi connectivity index (χ2n) is 2.92. The minimum absolute atomic E-state index is 0.0289. The highest BCUT2D eigenvalue weighted by atomic mass is 16.6. The van der Waals surface area contributed by atoms with Crippen molar-refractivity contribution in [3.63, 3.8) is 0 Å². The third-order valence-corrected chi connectivity index (χ3v) is 2.13. The number of ether oxygens (including phenoxy) is 1. The summed E-state index contributed by atoms with van der Waals surface area (Å²) in [5.41, 5.74) is 5.66. The number of nitrogens with two attached hydrogens (primary N) is 1. The van der Waals surface area contributed by atoms with Gasteiger partial charge in [-0.3, -0.25) is 0 Å². The lowest BCUT2D eigenvalue weighted by Crippen LogP contribution is -2.41. The first-order valence-electron chi connectivity index (χ1n) is 3.48. The maximum atomic E-state index is 10.7. The van der Waals surface area contributed by atoms with E-state index in [0.29, 0.717) is 0 Å². The molecular formula is C6H10N2O2. The molecule has 0 aromatic carbocycles. The van der Waals surface area contributed by atoms with E-state index in [4.69, 9.17) is 10.5 Å². The first kappa shape index (κ1) is 5.97. The molecule has 2 aliphatic rings. The van der Waals surface area contributed by atoms with E-state index in [1.807, 2.05) is 0 Å². The predicted molar refractivity (Wildman–Crippen MR) is 34.4 cm³/mol. The maximum absolute atomic E-state index is 10.7. The fourth-order valence-electron chi connectivity index (χ4n) is 1.62. The summed E-state index contributed by atoms with van der Waals surface area (Å²) >= 11 is 0. The second kappa shape index (κ2) is 1.85. The van der Waals surface area contributed by atoms with E-state index in [0.717, 1.165) is 12.8 Å². The van der Waals surface area contributed by atoms with E-state index in [9.17, 15) is 4.79 Å². The van der Waals surface area contributed by atoms with Crippen LogP contribution in [0, 0.1) is 0 Å². The molecule has 2 fully saturated rings. The highest BCUT2D eigenvalue weighted by Crippen LogP contribution is 2.24. The van der Waals surface area contributed by atoms with Crippen LogP contribution in [0.25, 0.3) is 0 Å². The van der Waals surface area contributed by atoms with E-state index in [2.05, 4.69) is 5.32 Å². The maximum Gasteiger partial charge on any atom is 0.407 e. The molecule has 56 valence electrons. The molecule has 2 rings (SSSR count). The number of carbonyl (C=O) groups is 1. The Balaban J connectivity index is 2.13. The molecule has 0 aromatic heterocycles. The molecule has 1 aliphatic heterocycles. The van der Waals surface area contributed by atoms with Crippen LogP contribution >= 0.6 is 0 Å². The largest absolute Gasteiger partial charge is 0.445 e. The van der Waals surface area contributed by atoms with Crippen molar-refractivity contribution in [1.82, 2.24) is 5.32 Å². The van der Waals surface area contributed by atoms with Gasteiger partial charge >= 0.3 is 6.09 Å². The molecule has 1 amide bonds. The Morgan fingerprint density at radius 3 is 3.10 bits per heavy atom. The number of nitrogens with one attached hydrogen (secondary N) is 1. The lowest BCUT2D eigenvalue weighted by molar-refractivity contribution is 0.0772. The molecular weight excluding hydrogens is 132 g/mol. The van der Waals surface area contributed by atoms with Gasteiger partial charge in [0, 0.05) is 18.5 Å². The summed E-state index contributed by atoms with van der Waals surface area (Å²) in [5, 5.41) is 2.70. The van der Waals surface area contributed by atoms with Crippen LogP contribution in [0.5, 0.6) is 0 Å². The SMILES string of the molecule is NC1CC2CC1OC(=O)N2. The molecule has 3 N–H and O–H groups in total. The van der Waals surface area contributed by atoms with Crippen molar-refractivity contribution >= 4 is 6.09 Å². The molecule has 0 aromatic rings. The van der Waals surface area contributed by atoms with Crippen LogP contribution in [0.3, 0.4) is 0 Å². The molecule has 1 aliphatic carbocycles. The number of hydrogen-bond acceptors (Lipinski definition) is 3. The first-order chi connectivity index (χ1) is 4.75. The van der Waals surface area contributed by atoms with Gasteiger partial charge in [-0.1, -0.05) is 0 Å². The number of amides is 1. The van der Waals surface area contributed by atoms with E-state index in [1.165, 1.54) is 0 Å². The Bertz CT molecular complexity index is 169. The molecule has 1 saturated carbocycles. The number of carbonyl (C=O) groups excluding carboxylic acids is 1. The zero-order valence-corrected chi connectivity index (χ0v) is 5.54. The summed E-state index contributed by atoms with van der Waals surface area (Å²) in [5.74, 6) is 0. The zero-order valence-electron chi connectivity index (χ0n) is 5.54. The standard InChI is InChI=1S/C6H10N2O2/c7-4-1-3-2-5(4)10-6(9)8-3/h3-5H,1-2,7H2,(H,8,9). The summed E-state index contributed by atoms with van der Waals surface area (Å²) in [4.78, 5) is 10.7. The van der Waals surface area contributed by atoms with Gasteiger partial charge in [0.05, 0.1) is 0 Å². The lowest BCUT2D eigenvalue weighted by Gasteiger charge is -2.20. The quantitative estimate of drug-likeness (QED) is 0.483. The molecule has 4 heteroatoms. The minimum Gasteiger partial charge on any atom is -0.445 e. The van der Waals surface area contributed by atoms with Gasteiger partial charge in [-0.25, -0.2) is 4.79 Å². The molecule has 1 heterocycles. The Hall–Kier alpha value is -0.770. The monoisotopic (exact) mass is 142 g/mol. The highest BCUT2D eigenvalue weighted by molar-refractivity contribution is 5.69. The number of alkyl carbamates (subject to hydrolysis) is 1. The molecule has 10 heavy (non-hydrogen) atoms. The van der Waals surface area contributed by atoms with Crippen molar-refractivity contribution in [2.45, 2.75) is 31.0 Å². The van der Waals surface area contributed by atoms with E-state index in [1.54, 1.807) is 0 Å². The van der Waals surface area contributed by atoms with Gasteiger partial charge in [-0.05, 0) is 6.42 Å². The van der Waals surface area contributed by atoms with E-state index < -0.39 is 0 Å². The van der Waals surface area contributed by atoms with Gasteiger partial charge in [0.15, 0.2) is 0 Å². The Labute approximate surface area is 58.7 Å². The van der Waals surface area contributed by atoms with Crippen molar-refractivity contribution in [3.05, 3.63) is 0 Å². The molecule has 1 saturated heterocycles. The number of hydrogen-bond donors (Lipinski definition) is 2. The van der Waals surface area contributed by atoms with Gasteiger partial charge in [0.25, 0.3) is 0 Å². The van der Waals surface area contributed by atoms with Crippen LogP contribution < -0.4 is 11.1 Å². The second-order valence-corrected chi connectivity index (χ2v) is 2.92. The van der Waals surface area contributed by atoms with Crippen molar-refractivity contribution in [2.75, 3.05) is 0 Å². The van der Waals surface area contributed by atoms with Crippen LogP contribution in [0.4, 0.5) is 4.79 Å². The van der Waals surface area contributed by atoms with Gasteiger partial charge in [0.2, 0.25) is 0 Å². The fourth-order valence-corrected chi connectivity index (χ4v) is 1.62. The van der Waals surface area contributed by atoms with Crippen LogP contribution in [-0.2, 0) is 4.74 Å². The van der Waals surface area contributed by atoms with E-state index in [-0.39, 0.29) is 24.3 Å². The summed E-state index contributed by atoms with van der Waals surface area (Å²) in [6.07, 6.45) is 1.40. The lowest BCUT2D eigenvalue weighted by atomic mass is 10.2. The molecule has 4 nitrogen and oxygen atoms in total. The molecule has 0 spiro atoms. The van der Waals surface area contributed by atoms with Gasteiger partial charge in [-0.2, -0.15) is 0 Å². The van der Waals surface area contributed by atoms with Crippen LogP contribution in [0.2, 0.25) is 0 Å². The van der Waals surface area contributed by atoms with Crippen molar-refractivity contribution in [2.24, 2.45) is 5.73 Å². The van der Waals surface area contributed by atoms with E-state index >= 15 is 0 Å². The normalized spacial score (nSPS) is 44.5. The van der Waals surface area contributed by atoms with Crippen molar-refractivity contribution < 1.29 is 9.53 Å². The average molecular weight is 142 g/mol. The van der Waals surface area contributed by atoms with Gasteiger partial charge in [0.1, 0.15) is 6.10 Å². The Morgan fingerprint density at radius 1 is 1.60 bits per heavy atom. The summed E-state index contributed by atoms with van der Waals surface area (Å²) < 4.78 is 4.91. The molecule has 2 bridgehead atoms. The van der Waals surface area contributed by atoms with Gasteiger partial charge in [-0.15, -0.1) is 0 Å². The number of rotatable bonds is 0. The zero-order chi connectivity index (χ0) is 7.14. The van der Waals surface area contributed by atoms with Crippen molar-refractivity contribution in [1.29, 1.82) is 0 Å². The third kappa shape index (κ3) is 0.759. The molecule has 3 atom stereocenters. The summed E-state index contributed by atoms with van der Waals surface area (Å²) in [6.45, 7) is 0. The third-order valence-electron chi connectivity index (χ3n) is 2.13. The van der Waals surface area contributed by atoms with Crippen molar-refractivity contribution in [3.8, 4) is 0 Å². The molecule has 0 radical (unpaired) electrons. The first-order valence-corrected chi connectivity index (χ1v) is 3.48. The van der Waals surface area contributed by atoms with Gasteiger partial charge < -0.3 is 15.8 Å². The highest BCUT2D eigenvalue weighted by Gasteiger charge is 2.39. The molecule has 3 unspecified atom stereocenters. The Morgan fingerprint density at radius 2 is 2.40 bits per heavy atom. The van der Waals surface area contributed by atoms with Crippen LogP contribution in [0.15, 0.2) is 0 Å². The minimum atomic E-state index is -0.311. The smallest absolute Gasteiger partial charge is 0.407 e. The predicted octanol–water partition coefficient (Wildman–Crippen LogP) is -0.416. The number of fused-ring (bicyclic) bond motifs is 2. The Kier molecular flexibility index (Phi) is 1.11. The fraction of sp³-hybridized carbons (Fsp3) is 0.833. The van der Waals surface area contributed by atoms with Crippen LogP contribution in [0.1, 0.15) is 12.8 Å². The average Bonchev–Trinajstić information content (AvgIpc) is 2.07. The summed E-state index contributed by atoms with van der Waals surface area (Å²) in [6, 6.07) is 0.310.